The van der Waals surface area contributed by atoms with Gasteiger partial charge in [0.15, 0.2) is 0 Å². The molecular weight excluding hydrogens is 288 g/mol. The molecule has 23 heavy (non-hydrogen) atoms. The number of nitrogens with one attached hydrogen (secondary N) is 1. The van der Waals surface area contributed by atoms with Crippen molar-refractivity contribution in [2.24, 2.45) is 17.8 Å². The highest BCUT2D eigenvalue weighted by molar-refractivity contribution is 5.94. The van der Waals surface area contributed by atoms with Crippen molar-refractivity contribution in [1.82, 2.24) is 20.1 Å². The fourth-order valence-corrected chi connectivity index (χ4v) is 4.22. The standard InChI is InChI=1S/C18H22N4O/c23-18(20-9-17-8-14-3-6-16(17)7-14)15-4-1-13(2-5-15)10-22-12-19-11-21-22/h1-2,4-5,11-12,14,16-17H,3,6-10H2,(H,20,23)/t14-,16-,17-/m0/s1. The second kappa shape index (κ2) is 6.14. The predicted octanol–water partition coefficient (Wildman–Crippen LogP) is 2.49. The van der Waals surface area contributed by atoms with E-state index in [4.69, 9.17) is 0 Å². The molecule has 5 nitrogen and oxygen atoms in total. The van der Waals surface area contributed by atoms with Gasteiger partial charge in [-0.1, -0.05) is 18.6 Å². The predicted molar refractivity (Wildman–Crippen MR) is 86.8 cm³/mol. The van der Waals surface area contributed by atoms with Crippen LogP contribution in [0.4, 0.5) is 0 Å². The van der Waals surface area contributed by atoms with E-state index in [9.17, 15) is 4.79 Å². The Labute approximate surface area is 136 Å². The molecule has 0 aliphatic heterocycles. The molecule has 2 saturated carbocycles. The Kier molecular flexibility index (Phi) is 3.85. The summed E-state index contributed by atoms with van der Waals surface area (Å²) in [5.41, 5.74) is 1.84. The average Bonchev–Trinajstić information content (AvgIpc) is 3.31. The fourth-order valence-electron chi connectivity index (χ4n) is 4.22. The third-order valence-electron chi connectivity index (χ3n) is 5.44. The molecule has 0 spiro atoms. The number of fused-ring (bicyclic) bond motifs is 2. The van der Waals surface area contributed by atoms with Gasteiger partial charge in [0.25, 0.3) is 5.91 Å². The number of hydrogen-bond acceptors (Lipinski definition) is 3. The van der Waals surface area contributed by atoms with Gasteiger partial charge in [-0.3, -0.25) is 4.79 Å². The van der Waals surface area contributed by atoms with Crippen LogP contribution in [-0.2, 0) is 6.54 Å². The summed E-state index contributed by atoms with van der Waals surface area (Å²) < 4.78 is 1.77. The van der Waals surface area contributed by atoms with Gasteiger partial charge in [-0.15, -0.1) is 0 Å². The molecule has 2 fully saturated rings. The first-order valence-corrected chi connectivity index (χ1v) is 8.47. The van der Waals surface area contributed by atoms with Crippen LogP contribution in [0.15, 0.2) is 36.9 Å². The summed E-state index contributed by atoms with van der Waals surface area (Å²) >= 11 is 0. The average molecular weight is 310 g/mol. The maximum Gasteiger partial charge on any atom is 0.251 e. The Morgan fingerprint density at radius 3 is 2.74 bits per heavy atom. The van der Waals surface area contributed by atoms with E-state index < -0.39 is 0 Å². The summed E-state index contributed by atoms with van der Waals surface area (Å²) in [7, 11) is 0. The number of aromatic nitrogens is 3. The number of carbonyl (C=O) groups is 1. The van der Waals surface area contributed by atoms with Crippen LogP contribution in [0.1, 0.15) is 41.6 Å². The lowest BCUT2D eigenvalue weighted by atomic mass is 9.89. The lowest BCUT2D eigenvalue weighted by Crippen LogP contribution is -2.31. The van der Waals surface area contributed by atoms with Crippen molar-refractivity contribution < 1.29 is 4.79 Å². The molecule has 0 radical (unpaired) electrons. The van der Waals surface area contributed by atoms with Gasteiger partial charge in [0.05, 0.1) is 6.54 Å². The minimum Gasteiger partial charge on any atom is -0.352 e. The number of nitrogens with zero attached hydrogens (tertiary/aromatic N) is 3. The third-order valence-corrected chi connectivity index (χ3v) is 5.44. The monoisotopic (exact) mass is 310 g/mol. The van der Waals surface area contributed by atoms with Crippen LogP contribution in [0.5, 0.6) is 0 Å². The first-order chi connectivity index (χ1) is 11.3. The maximum atomic E-state index is 12.3. The minimum atomic E-state index is 0.0417. The summed E-state index contributed by atoms with van der Waals surface area (Å²) in [5.74, 6) is 2.52. The Balaban J connectivity index is 1.31. The smallest absolute Gasteiger partial charge is 0.251 e. The van der Waals surface area contributed by atoms with Crippen molar-refractivity contribution in [3.63, 3.8) is 0 Å². The number of benzene rings is 1. The maximum absolute atomic E-state index is 12.3. The third kappa shape index (κ3) is 3.14. The van der Waals surface area contributed by atoms with Crippen molar-refractivity contribution >= 4 is 5.91 Å². The molecule has 2 aromatic rings. The Bertz CT molecular complexity index is 665. The zero-order valence-corrected chi connectivity index (χ0v) is 13.2. The van der Waals surface area contributed by atoms with Crippen LogP contribution < -0.4 is 5.32 Å². The minimum absolute atomic E-state index is 0.0417. The highest BCUT2D eigenvalue weighted by Gasteiger charge is 2.39. The van der Waals surface area contributed by atoms with E-state index in [0.29, 0.717) is 12.5 Å². The van der Waals surface area contributed by atoms with Crippen LogP contribution in [-0.4, -0.2) is 27.2 Å². The normalized spacial score (nSPS) is 25.7. The molecule has 2 aliphatic rings. The van der Waals surface area contributed by atoms with Crippen molar-refractivity contribution in [3.05, 3.63) is 48.0 Å². The Morgan fingerprint density at radius 1 is 1.22 bits per heavy atom. The highest BCUT2D eigenvalue weighted by Crippen LogP contribution is 2.47. The SMILES string of the molecule is O=C(NC[C@@H]1C[C@H]2CC[C@H]1C2)c1ccc(Cn2cncn2)cc1. The first-order valence-electron chi connectivity index (χ1n) is 8.47. The van der Waals surface area contributed by atoms with Crippen molar-refractivity contribution in [2.75, 3.05) is 6.54 Å². The second-order valence-corrected chi connectivity index (χ2v) is 6.93. The van der Waals surface area contributed by atoms with Gasteiger partial charge in [0.2, 0.25) is 0 Å². The number of amides is 1. The van der Waals surface area contributed by atoms with Gasteiger partial charge in [0, 0.05) is 12.1 Å². The molecule has 4 rings (SSSR count). The quantitative estimate of drug-likeness (QED) is 0.923. The molecular formula is C18H22N4O. The largest absolute Gasteiger partial charge is 0.352 e. The molecule has 3 atom stereocenters. The Morgan fingerprint density at radius 2 is 2.09 bits per heavy atom. The lowest BCUT2D eigenvalue weighted by Gasteiger charge is -2.21. The van der Waals surface area contributed by atoms with Crippen molar-refractivity contribution in [1.29, 1.82) is 0 Å². The van der Waals surface area contributed by atoms with Crippen LogP contribution >= 0.6 is 0 Å². The molecule has 1 N–H and O–H groups in total. The van der Waals surface area contributed by atoms with Gasteiger partial charge in [-0.25, -0.2) is 9.67 Å². The van der Waals surface area contributed by atoms with Crippen molar-refractivity contribution in [2.45, 2.75) is 32.2 Å². The summed E-state index contributed by atoms with van der Waals surface area (Å²) in [6.07, 6.45) is 8.68. The van der Waals surface area contributed by atoms with Gasteiger partial charge in [-0.05, 0) is 54.7 Å². The molecule has 2 aliphatic carbocycles. The van der Waals surface area contributed by atoms with E-state index in [1.165, 1.54) is 32.0 Å². The molecule has 0 saturated heterocycles. The van der Waals surface area contributed by atoms with Gasteiger partial charge < -0.3 is 5.32 Å². The molecule has 5 heteroatoms. The van der Waals surface area contributed by atoms with Gasteiger partial charge in [0.1, 0.15) is 12.7 Å². The summed E-state index contributed by atoms with van der Waals surface area (Å²) in [6, 6.07) is 7.74. The number of carbonyl (C=O) groups excluding carboxylic acids is 1. The van der Waals surface area contributed by atoms with E-state index in [1.807, 2.05) is 24.3 Å². The van der Waals surface area contributed by atoms with Crippen LogP contribution in [0.3, 0.4) is 0 Å². The molecule has 120 valence electrons. The first kappa shape index (κ1) is 14.4. The summed E-state index contributed by atoms with van der Waals surface area (Å²) in [4.78, 5) is 16.2. The highest BCUT2D eigenvalue weighted by atomic mass is 16.1. The summed E-state index contributed by atoms with van der Waals surface area (Å²) in [5, 5.41) is 7.21. The van der Waals surface area contributed by atoms with Gasteiger partial charge >= 0.3 is 0 Å². The van der Waals surface area contributed by atoms with Crippen LogP contribution in [0, 0.1) is 17.8 Å². The van der Waals surface area contributed by atoms with E-state index in [2.05, 4.69) is 15.4 Å². The van der Waals surface area contributed by atoms with Crippen LogP contribution in [0.25, 0.3) is 0 Å². The van der Waals surface area contributed by atoms with E-state index in [-0.39, 0.29) is 5.91 Å². The molecule has 1 aromatic carbocycles. The number of hydrogen-bond donors (Lipinski definition) is 1. The van der Waals surface area contributed by atoms with Gasteiger partial charge in [-0.2, -0.15) is 5.10 Å². The lowest BCUT2D eigenvalue weighted by molar-refractivity contribution is 0.0942. The van der Waals surface area contributed by atoms with Crippen molar-refractivity contribution in [3.8, 4) is 0 Å². The Hall–Kier alpha value is -2.17. The van der Waals surface area contributed by atoms with E-state index in [0.717, 1.165) is 29.5 Å². The topological polar surface area (TPSA) is 59.8 Å². The van der Waals surface area contributed by atoms with Crippen LogP contribution in [0.2, 0.25) is 0 Å². The zero-order chi connectivity index (χ0) is 15.6. The fraction of sp³-hybridized carbons (Fsp3) is 0.500. The zero-order valence-electron chi connectivity index (χ0n) is 13.2. The number of rotatable bonds is 5. The molecule has 1 aromatic heterocycles. The molecule has 1 amide bonds. The van der Waals surface area contributed by atoms with E-state index in [1.54, 1.807) is 11.0 Å². The molecule has 2 bridgehead atoms. The molecule has 1 heterocycles. The second-order valence-electron chi connectivity index (χ2n) is 6.93. The molecule has 0 unspecified atom stereocenters. The summed E-state index contributed by atoms with van der Waals surface area (Å²) in [6.45, 7) is 1.51. The van der Waals surface area contributed by atoms with E-state index >= 15 is 0 Å².